The van der Waals surface area contributed by atoms with Crippen LogP contribution in [-0.2, 0) is 14.3 Å². The van der Waals surface area contributed by atoms with E-state index in [2.05, 4.69) is 31.3 Å². The molecule has 0 aromatic carbocycles. The Labute approximate surface area is 399 Å². The Morgan fingerprint density at radius 3 is 1.11 bits per heavy atom. The lowest BCUT2D eigenvalue weighted by atomic mass is 10.0. The molecule has 0 saturated heterocycles. The lowest BCUT2D eigenvalue weighted by Crippen LogP contribution is -2.45. The number of allylic oxidation sites excluding steroid dienone is 2. The number of nitrogens with one attached hydrogen (secondary N) is 1. The van der Waals surface area contributed by atoms with Crippen LogP contribution in [0.25, 0.3) is 0 Å². The molecule has 6 heteroatoms. The molecule has 0 heterocycles. The van der Waals surface area contributed by atoms with Gasteiger partial charge in [-0.15, -0.1) is 0 Å². The molecule has 64 heavy (non-hydrogen) atoms. The van der Waals surface area contributed by atoms with E-state index in [1.165, 1.54) is 244 Å². The normalized spacial score (nSPS) is 12.6. The van der Waals surface area contributed by atoms with Gasteiger partial charge >= 0.3 is 5.97 Å². The van der Waals surface area contributed by atoms with Crippen LogP contribution in [0.4, 0.5) is 0 Å². The topological polar surface area (TPSA) is 95.9 Å². The van der Waals surface area contributed by atoms with Crippen molar-refractivity contribution >= 4 is 11.9 Å². The van der Waals surface area contributed by atoms with Crippen LogP contribution < -0.4 is 5.32 Å². The summed E-state index contributed by atoms with van der Waals surface area (Å²) in [6, 6.07) is -0.538. The molecular weight excluding hydrogens is 791 g/mol. The number of hydrogen-bond donors (Lipinski definition) is 3. The summed E-state index contributed by atoms with van der Waals surface area (Å²) in [7, 11) is 0. The highest BCUT2D eigenvalue weighted by molar-refractivity contribution is 5.76. The molecule has 6 nitrogen and oxygen atoms in total. The van der Waals surface area contributed by atoms with Gasteiger partial charge < -0.3 is 20.3 Å². The van der Waals surface area contributed by atoms with Crippen molar-refractivity contribution in [3.63, 3.8) is 0 Å². The summed E-state index contributed by atoms with van der Waals surface area (Å²) in [5.74, 6) is -0.0292. The Morgan fingerprint density at radius 2 is 0.734 bits per heavy atom. The molecule has 0 bridgehead atoms. The van der Waals surface area contributed by atoms with Crippen LogP contribution in [0.15, 0.2) is 12.2 Å². The van der Waals surface area contributed by atoms with E-state index >= 15 is 0 Å². The second-order valence-electron chi connectivity index (χ2n) is 20.0. The highest BCUT2D eigenvalue weighted by atomic mass is 16.5. The van der Waals surface area contributed by atoms with Crippen LogP contribution in [0, 0.1) is 0 Å². The van der Waals surface area contributed by atoms with E-state index in [0.29, 0.717) is 25.9 Å². The van der Waals surface area contributed by atoms with Gasteiger partial charge in [0.05, 0.1) is 25.4 Å². The molecular formula is C58H113NO5. The van der Waals surface area contributed by atoms with E-state index in [9.17, 15) is 19.8 Å². The Kier molecular flexibility index (Phi) is 53.0. The third-order valence-electron chi connectivity index (χ3n) is 13.6. The number of carbonyl (C=O) groups is 2. The number of unbranched alkanes of at least 4 members (excludes halogenated alkanes) is 41. The summed E-state index contributed by atoms with van der Waals surface area (Å²) in [5.41, 5.74) is 0. The molecule has 0 fully saturated rings. The van der Waals surface area contributed by atoms with Crippen LogP contribution in [0.3, 0.4) is 0 Å². The fourth-order valence-electron chi connectivity index (χ4n) is 9.11. The molecule has 2 atom stereocenters. The van der Waals surface area contributed by atoms with Gasteiger partial charge in [-0.1, -0.05) is 270 Å². The van der Waals surface area contributed by atoms with E-state index in [1.807, 2.05) is 0 Å². The third-order valence-corrected chi connectivity index (χ3v) is 13.6. The number of hydrogen-bond acceptors (Lipinski definition) is 5. The summed E-state index contributed by atoms with van der Waals surface area (Å²) in [5, 5.41) is 23.1. The zero-order valence-electron chi connectivity index (χ0n) is 43.3. The fraction of sp³-hybridized carbons (Fsp3) is 0.931. The van der Waals surface area contributed by atoms with Gasteiger partial charge in [-0.05, 0) is 51.4 Å². The second kappa shape index (κ2) is 54.2. The van der Waals surface area contributed by atoms with E-state index in [-0.39, 0.29) is 18.5 Å². The molecule has 0 aliphatic heterocycles. The average Bonchev–Trinajstić information content (AvgIpc) is 3.29. The fourth-order valence-corrected chi connectivity index (χ4v) is 9.11. The zero-order valence-corrected chi connectivity index (χ0v) is 43.3. The van der Waals surface area contributed by atoms with Crippen molar-refractivity contribution in [2.24, 2.45) is 0 Å². The van der Waals surface area contributed by atoms with E-state index in [4.69, 9.17) is 4.74 Å². The first-order chi connectivity index (χ1) is 31.5. The monoisotopic (exact) mass is 904 g/mol. The number of amides is 1. The van der Waals surface area contributed by atoms with E-state index in [0.717, 1.165) is 44.9 Å². The molecule has 0 aromatic heterocycles. The minimum Gasteiger partial charge on any atom is -0.466 e. The van der Waals surface area contributed by atoms with Crippen molar-refractivity contribution < 1.29 is 24.5 Å². The molecule has 0 aliphatic carbocycles. The third kappa shape index (κ3) is 50.0. The first-order valence-corrected chi connectivity index (χ1v) is 28.9. The smallest absolute Gasteiger partial charge is 0.305 e. The van der Waals surface area contributed by atoms with Crippen molar-refractivity contribution in [1.82, 2.24) is 5.32 Å². The Bertz CT molecular complexity index is 955. The molecule has 380 valence electrons. The van der Waals surface area contributed by atoms with E-state index in [1.54, 1.807) is 0 Å². The number of rotatable bonds is 54. The number of aliphatic hydroxyl groups is 2. The lowest BCUT2D eigenvalue weighted by Gasteiger charge is -2.22. The molecule has 2 unspecified atom stereocenters. The lowest BCUT2D eigenvalue weighted by molar-refractivity contribution is -0.143. The van der Waals surface area contributed by atoms with Crippen LogP contribution in [-0.4, -0.2) is 47.4 Å². The van der Waals surface area contributed by atoms with Gasteiger partial charge in [0.25, 0.3) is 0 Å². The number of aliphatic hydroxyl groups excluding tert-OH is 2. The quantitative estimate of drug-likeness (QED) is 0.0321. The van der Waals surface area contributed by atoms with Gasteiger partial charge in [0.15, 0.2) is 0 Å². The summed E-state index contributed by atoms with van der Waals surface area (Å²) in [6.45, 7) is 4.94. The molecule has 0 rings (SSSR count). The predicted octanol–water partition coefficient (Wildman–Crippen LogP) is 17.7. The number of ether oxygens (including phenoxy) is 1. The van der Waals surface area contributed by atoms with E-state index < -0.39 is 12.1 Å². The summed E-state index contributed by atoms with van der Waals surface area (Å²) < 4.78 is 5.48. The average molecular weight is 905 g/mol. The largest absolute Gasteiger partial charge is 0.466 e. The summed E-state index contributed by atoms with van der Waals surface area (Å²) in [4.78, 5) is 24.4. The van der Waals surface area contributed by atoms with Gasteiger partial charge in [-0.3, -0.25) is 9.59 Å². The first kappa shape index (κ1) is 62.6. The molecule has 3 N–H and O–H groups in total. The van der Waals surface area contributed by atoms with Crippen LogP contribution in [0.5, 0.6) is 0 Å². The maximum Gasteiger partial charge on any atom is 0.305 e. The van der Waals surface area contributed by atoms with Gasteiger partial charge in [0.1, 0.15) is 0 Å². The van der Waals surface area contributed by atoms with Crippen LogP contribution >= 0.6 is 0 Å². The first-order valence-electron chi connectivity index (χ1n) is 28.9. The Balaban J connectivity index is 3.33. The maximum atomic E-state index is 12.4. The van der Waals surface area contributed by atoms with Crippen LogP contribution in [0.2, 0.25) is 0 Å². The van der Waals surface area contributed by atoms with Gasteiger partial charge in [-0.25, -0.2) is 0 Å². The minimum absolute atomic E-state index is 0.00671. The van der Waals surface area contributed by atoms with Gasteiger partial charge in [0.2, 0.25) is 5.91 Å². The SMILES string of the molecule is CCCCCCCC/C=C\CCCCCCCC(=O)OCCCCCCCCCCCCCCCCCCCCCCCCCC(=O)NC(CO)C(O)CCCCCCCCCCC. The van der Waals surface area contributed by atoms with Crippen molar-refractivity contribution in [2.45, 2.75) is 334 Å². The molecule has 0 saturated carbocycles. The van der Waals surface area contributed by atoms with Gasteiger partial charge in [-0.2, -0.15) is 0 Å². The maximum absolute atomic E-state index is 12.4. The highest BCUT2D eigenvalue weighted by Gasteiger charge is 2.20. The Hall–Kier alpha value is -1.40. The summed E-state index contributed by atoms with van der Waals surface area (Å²) >= 11 is 0. The summed E-state index contributed by atoms with van der Waals surface area (Å²) in [6.07, 6.45) is 63.6. The molecule has 0 aromatic rings. The zero-order chi connectivity index (χ0) is 46.5. The van der Waals surface area contributed by atoms with Crippen molar-refractivity contribution in [3.8, 4) is 0 Å². The minimum atomic E-state index is -0.661. The second-order valence-corrected chi connectivity index (χ2v) is 20.0. The van der Waals surface area contributed by atoms with Crippen LogP contribution in [0.1, 0.15) is 322 Å². The number of carbonyl (C=O) groups excluding carboxylic acids is 2. The molecule has 0 radical (unpaired) electrons. The van der Waals surface area contributed by atoms with Gasteiger partial charge in [0, 0.05) is 12.8 Å². The van der Waals surface area contributed by atoms with Crippen molar-refractivity contribution in [2.75, 3.05) is 13.2 Å². The number of esters is 1. The molecule has 0 spiro atoms. The van der Waals surface area contributed by atoms with Crippen molar-refractivity contribution in [3.05, 3.63) is 12.2 Å². The molecule has 1 amide bonds. The predicted molar refractivity (Wildman–Crippen MR) is 278 cm³/mol. The molecule has 0 aliphatic rings. The Morgan fingerprint density at radius 1 is 0.422 bits per heavy atom. The standard InChI is InChI=1S/C58H113NO5/c1-3-5-7-9-11-13-14-15-25-29-32-36-40-44-48-52-58(63)64-53-49-45-41-37-33-30-27-24-22-20-18-16-17-19-21-23-26-28-31-35-39-43-47-51-57(62)59-55(54-60)56(61)50-46-42-38-34-12-10-8-6-4-2/h15,25,55-56,60-61H,3-14,16-24,26-54H2,1-2H3,(H,59,62)/b25-15-. The van der Waals surface area contributed by atoms with Crippen molar-refractivity contribution in [1.29, 1.82) is 0 Å². The highest BCUT2D eigenvalue weighted by Crippen LogP contribution is 2.17.